The standard InChI is InChI=1S/C27H23F3Se/c1-26(2,3)20-15-14-19-16-23(27(28,29)30)25(31-21-12-8-5-9-13-21)24(22(19)17-20)18-10-6-4-7-11-18/h4-17H,1-3H3. The van der Waals surface area contributed by atoms with Crippen LogP contribution >= 0.6 is 0 Å². The van der Waals surface area contributed by atoms with E-state index >= 15 is 0 Å². The van der Waals surface area contributed by atoms with Crippen LogP contribution in [-0.4, -0.2) is 15.0 Å². The Morgan fingerprint density at radius 2 is 1.32 bits per heavy atom. The predicted octanol–water partition coefficient (Wildman–Crippen LogP) is 6.48. The van der Waals surface area contributed by atoms with Crippen LogP contribution in [0.15, 0.2) is 84.9 Å². The maximum atomic E-state index is 14.3. The van der Waals surface area contributed by atoms with Crippen molar-refractivity contribution in [1.29, 1.82) is 0 Å². The van der Waals surface area contributed by atoms with Crippen LogP contribution in [0.1, 0.15) is 31.9 Å². The minimum atomic E-state index is -4.42. The molecule has 4 heteroatoms. The van der Waals surface area contributed by atoms with Crippen molar-refractivity contribution in [3.63, 3.8) is 0 Å². The van der Waals surface area contributed by atoms with Crippen molar-refractivity contribution in [2.75, 3.05) is 0 Å². The molecule has 0 saturated heterocycles. The van der Waals surface area contributed by atoms with Gasteiger partial charge in [-0.1, -0.05) is 0 Å². The Morgan fingerprint density at radius 1 is 0.710 bits per heavy atom. The molecular formula is C27H23F3Se. The summed E-state index contributed by atoms with van der Waals surface area (Å²) in [6.45, 7) is 6.36. The fourth-order valence-corrected chi connectivity index (χ4v) is 6.06. The Morgan fingerprint density at radius 3 is 1.90 bits per heavy atom. The number of halogens is 3. The van der Waals surface area contributed by atoms with Crippen molar-refractivity contribution in [3.8, 4) is 11.1 Å². The first-order valence-corrected chi connectivity index (χ1v) is 11.8. The molecule has 0 N–H and O–H groups in total. The summed E-state index contributed by atoms with van der Waals surface area (Å²) in [6, 6.07) is 26.1. The molecule has 158 valence electrons. The predicted molar refractivity (Wildman–Crippen MR) is 125 cm³/mol. The van der Waals surface area contributed by atoms with Crippen molar-refractivity contribution in [3.05, 3.63) is 96.1 Å². The normalized spacial score (nSPS) is 12.3. The molecule has 4 aromatic rings. The Bertz CT molecular complexity index is 1200. The molecule has 0 nitrogen and oxygen atoms in total. The zero-order valence-corrected chi connectivity index (χ0v) is 19.3. The van der Waals surface area contributed by atoms with E-state index in [0.717, 1.165) is 21.0 Å². The third kappa shape index (κ3) is 4.56. The van der Waals surface area contributed by atoms with Crippen LogP contribution in [0, 0.1) is 0 Å². The summed E-state index contributed by atoms with van der Waals surface area (Å²) < 4.78 is 44.1. The molecule has 0 aromatic heterocycles. The molecule has 0 atom stereocenters. The van der Waals surface area contributed by atoms with Gasteiger partial charge in [0.1, 0.15) is 0 Å². The molecule has 0 radical (unpaired) electrons. The molecule has 4 aromatic carbocycles. The first kappa shape index (κ1) is 21.7. The van der Waals surface area contributed by atoms with E-state index < -0.39 is 26.7 Å². The number of benzene rings is 4. The molecule has 0 unspecified atom stereocenters. The molecule has 31 heavy (non-hydrogen) atoms. The molecule has 4 rings (SSSR count). The van der Waals surface area contributed by atoms with Crippen molar-refractivity contribution < 1.29 is 13.2 Å². The summed E-state index contributed by atoms with van der Waals surface area (Å²) in [7, 11) is 0. The number of hydrogen-bond acceptors (Lipinski definition) is 0. The summed E-state index contributed by atoms with van der Waals surface area (Å²) in [5.74, 6) is 0. The van der Waals surface area contributed by atoms with Crippen LogP contribution in [0.25, 0.3) is 21.9 Å². The second-order valence-electron chi connectivity index (χ2n) is 8.59. The van der Waals surface area contributed by atoms with E-state index in [1.165, 1.54) is 6.07 Å². The fourth-order valence-electron chi connectivity index (χ4n) is 3.66. The molecular weight excluding hydrogens is 460 g/mol. The van der Waals surface area contributed by atoms with E-state index in [1.807, 2.05) is 72.8 Å². The molecule has 0 aliphatic heterocycles. The van der Waals surface area contributed by atoms with Gasteiger partial charge in [0.25, 0.3) is 0 Å². The Hall–Kier alpha value is -2.55. The number of hydrogen-bond donors (Lipinski definition) is 0. The van der Waals surface area contributed by atoms with Crippen molar-refractivity contribution in [2.45, 2.75) is 32.4 Å². The van der Waals surface area contributed by atoms with Crippen LogP contribution in [0.5, 0.6) is 0 Å². The van der Waals surface area contributed by atoms with Crippen LogP contribution in [-0.2, 0) is 11.6 Å². The Kier molecular flexibility index (Phi) is 5.72. The maximum absolute atomic E-state index is 14.3. The molecule has 0 aliphatic rings. The van der Waals surface area contributed by atoms with Gasteiger partial charge in [0, 0.05) is 0 Å². The Labute approximate surface area is 187 Å². The summed E-state index contributed by atoms with van der Waals surface area (Å²) >= 11 is -0.497. The van der Waals surface area contributed by atoms with Crippen LogP contribution < -0.4 is 8.92 Å². The van der Waals surface area contributed by atoms with Crippen LogP contribution in [0.3, 0.4) is 0 Å². The fraction of sp³-hybridized carbons (Fsp3) is 0.185. The van der Waals surface area contributed by atoms with Gasteiger partial charge in [0.15, 0.2) is 0 Å². The molecule has 0 amide bonds. The van der Waals surface area contributed by atoms with Gasteiger partial charge in [-0.05, 0) is 0 Å². The molecule has 0 saturated carbocycles. The minimum absolute atomic E-state index is 0.102. The third-order valence-corrected chi connectivity index (χ3v) is 7.67. The first-order chi connectivity index (χ1) is 14.6. The second-order valence-corrected chi connectivity index (χ2v) is 10.9. The quantitative estimate of drug-likeness (QED) is 0.293. The van der Waals surface area contributed by atoms with E-state index in [0.29, 0.717) is 15.4 Å². The van der Waals surface area contributed by atoms with Gasteiger partial charge in [-0.3, -0.25) is 0 Å². The summed E-state index contributed by atoms with van der Waals surface area (Å²) in [6.07, 6.45) is -4.42. The van der Waals surface area contributed by atoms with Gasteiger partial charge in [-0.25, -0.2) is 0 Å². The molecule has 0 fully saturated rings. The summed E-state index contributed by atoms with van der Waals surface area (Å²) in [5.41, 5.74) is 1.98. The summed E-state index contributed by atoms with van der Waals surface area (Å²) in [5, 5.41) is 1.49. The van der Waals surface area contributed by atoms with Gasteiger partial charge < -0.3 is 0 Å². The van der Waals surface area contributed by atoms with Gasteiger partial charge in [0.05, 0.1) is 0 Å². The zero-order chi connectivity index (χ0) is 22.2. The molecule has 0 bridgehead atoms. The van der Waals surface area contributed by atoms with E-state index in [-0.39, 0.29) is 5.41 Å². The number of alkyl halides is 3. The van der Waals surface area contributed by atoms with Gasteiger partial charge in [-0.2, -0.15) is 0 Å². The average molecular weight is 483 g/mol. The van der Waals surface area contributed by atoms with Crippen LogP contribution in [0.4, 0.5) is 13.2 Å². The average Bonchev–Trinajstić information content (AvgIpc) is 2.73. The van der Waals surface area contributed by atoms with Gasteiger partial charge >= 0.3 is 187 Å². The monoisotopic (exact) mass is 484 g/mol. The summed E-state index contributed by atoms with van der Waals surface area (Å²) in [4.78, 5) is 0. The van der Waals surface area contributed by atoms with Gasteiger partial charge in [-0.15, -0.1) is 0 Å². The van der Waals surface area contributed by atoms with E-state index in [4.69, 9.17) is 0 Å². The SMILES string of the molecule is CC(C)(C)c1ccc2cc(C(F)(F)F)c([Se]c3ccccc3)c(-c3ccccc3)c2c1. The second kappa shape index (κ2) is 8.18. The van der Waals surface area contributed by atoms with Crippen molar-refractivity contribution >= 4 is 34.7 Å². The van der Waals surface area contributed by atoms with Crippen LogP contribution in [0.2, 0.25) is 0 Å². The van der Waals surface area contributed by atoms with E-state index in [2.05, 4.69) is 26.8 Å². The number of fused-ring (bicyclic) bond motifs is 1. The Balaban J connectivity index is 2.11. The third-order valence-electron chi connectivity index (χ3n) is 5.29. The van der Waals surface area contributed by atoms with Crippen molar-refractivity contribution in [1.82, 2.24) is 0 Å². The van der Waals surface area contributed by atoms with Crippen molar-refractivity contribution in [2.24, 2.45) is 0 Å². The molecule has 0 aliphatic carbocycles. The van der Waals surface area contributed by atoms with E-state index in [1.54, 1.807) is 0 Å². The number of rotatable bonds is 3. The zero-order valence-electron chi connectivity index (χ0n) is 17.6. The van der Waals surface area contributed by atoms with E-state index in [9.17, 15) is 13.2 Å². The molecule has 0 spiro atoms. The first-order valence-electron chi connectivity index (χ1n) is 10.1. The molecule has 0 heterocycles. The van der Waals surface area contributed by atoms with Gasteiger partial charge in [0.2, 0.25) is 0 Å². The topological polar surface area (TPSA) is 0 Å².